The summed E-state index contributed by atoms with van der Waals surface area (Å²) in [4.78, 5) is 15.3. The summed E-state index contributed by atoms with van der Waals surface area (Å²) in [5.41, 5.74) is 7.21. The molecule has 16 heavy (non-hydrogen) atoms. The number of anilines is 1. The second-order valence-electron chi connectivity index (χ2n) is 3.20. The summed E-state index contributed by atoms with van der Waals surface area (Å²) in [6.45, 7) is 0. The number of hydrogen-bond donors (Lipinski definition) is 2. The van der Waals surface area contributed by atoms with Gasteiger partial charge in [-0.25, -0.2) is 4.68 Å². The van der Waals surface area contributed by atoms with Crippen molar-refractivity contribution in [2.75, 3.05) is 12.8 Å². The van der Waals surface area contributed by atoms with Gasteiger partial charge in [0.05, 0.1) is 23.8 Å². The van der Waals surface area contributed by atoms with Gasteiger partial charge in [-0.05, 0) is 12.1 Å². The van der Waals surface area contributed by atoms with Crippen molar-refractivity contribution < 1.29 is 4.79 Å². The second-order valence-corrected chi connectivity index (χ2v) is 3.20. The minimum atomic E-state index is -0.234. The number of nitrogens with two attached hydrogens (primary N) is 1. The largest absolute Gasteiger partial charge is 0.396 e. The average Bonchev–Trinajstić information content (AvgIpc) is 2.75. The van der Waals surface area contributed by atoms with Gasteiger partial charge in [0.1, 0.15) is 5.69 Å². The molecule has 0 aliphatic rings. The molecule has 6 heteroatoms. The van der Waals surface area contributed by atoms with Crippen molar-refractivity contribution in [1.29, 1.82) is 0 Å². The molecule has 0 atom stereocenters. The van der Waals surface area contributed by atoms with Crippen molar-refractivity contribution >= 4 is 11.6 Å². The summed E-state index contributed by atoms with van der Waals surface area (Å²) in [6.07, 6.45) is 4.76. The fourth-order valence-corrected chi connectivity index (χ4v) is 1.29. The zero-order valence-corrected chi connectivity index (χ0v) is 8.71. The van der Waals surface area contributed by atoms with Crippen LogP contribution in [0.5, 0.6) is 0 Å². The second kappa shape index (κ2) is 4.01. The topological polar surface area (TPSA) is 85.8 Å². The third-order valence-electron chi connectivity index (χ3n) is 2.07. The Morgan fingerprint density at radius 3 is 3.00 bits per heavy atom. The Kier molecular flexibility index (Phi) is 2.55. The van der Waals surface area contributed by atoms with Crippen molar-refractivity contribution in [3.63, 3.8) is 0 Å². The van der Waals surface area contributed by atoms with Gasteiger partial charge in [0.2, 0.25) is 0 Å². The lowest BCUT2D eigenvalue weighted by molar-refractivity contribution is 0.0958. The minimum absolute atomic E-state index is 0.234. The van der Waals surface area contributed by atoms with Crippen LogP contribution in [0.15, 0.2) is 30.7 Å². The Labute approximate surface area is 92.1 Å². The van der Waals surface area contributed by atoms with E-state index in [2.05, 4.69) is 15.4 Å². The Morgan fingerprint density at radius 2 is 2.38 bits per heavy atom. The lowest BCUT2D eigenvalue weighted by Gasteiger charge is -2.03. The van der Waals surface area contributed by atoms with E-state index in [0.29, 0.717) is 11.4 Å². The molecule has 0 aliphatic heterocycles. The van der Waals surface area contributed by atoms with Crippen LogP contribution in [0.25, 0.3) is 5.69 Å². The lowest BCUT2D eigenvalue weighted by Crippen LogP contribution is -2.19. The van der Waals surface area contributed by atoms with E-state index in [-0.39, 0.29) is 5.91 Å². The van der Waals surface area contributed by atoms with E-state index in [9.17, 15) is 4.79 Å². The first kappa shape index (κ1) is 10.2. The fraction of sp³-hybridized carbons (Fsp3) is 0.100. The molecule has 3 N–H and O–H groups in total. The van der Waals surface area contributed by atoms with Gasteiger partial charge in [-0.3, -0.25) is 9.78 Å². The first-order valence-electron chi connectivity index (χ1n) is 4.69. The highest BCUT2D eigenvalue weighted by Crippen LogP contribution is 2.09. The Bertz CT molecular complexity index is 519. The van der Waals surface area contributed by atoms with E-state index >= 15 is 0 Å². The Morgan fingerprint density at radius 1 is 1.56 bits per heavy atom. The van der Waals surface area contributed by atoms with Crippen LogP contribution < -0.4 is 11.1 Å². The number of carbonyl (C=O) groups is 1. The number of nitrogen functional groups attached to an aromatic ring is 1. The Hall–Kier alpha value is -2.37. The summed E-state index contributed by atoms with van der Waals surface area (Å²) >= 11 is 0. The van der Waals surface area contributed by atoms with Crippen LogP contribution in [0.3, 0.4) is 0 Å². The van der Waals surface area contributed by atoms with Crippen molar-refractivity contribution in [1.82, 2.24) is 20.1 Å². The summed E-state index contributed by atoms with van der Waals surface area (Å²) in [6, 6.07) is 3.39. The molecule has 6 nitrogen and oxygen atoms in total. The van der Waals surface area contributed by atoms with Crippen LogP contribution in [0.2, 0.25) is 0 Å². The van der Waals surface area contributed by atoms with Crippen LogP contribution in [0.1, 0.15) is 10.5 Å². The molecule has 2 rings (SSSR count). The molecule has 1 amide bonds. The first-order chi connectivity index (χ1) is 7.70. The van der Waals surface area contributed by atoms with Gasteiger partial charge in [0.25, 0.3) is 5.91 Å². The highest BCUT2D eigenvalue weighted by molar-refractivity contribution is 5.92. The predicted molar refractivity (Wildman–Crippen MR) is 59.2 cm³/mol. The van der Waals surface area contributed by atoms with Crippen LogP contribution in [0.4, 0.5) is 5.69 Å². The summed E-state index contributed by atoms with van der Waals surface area (Å²) in [5, 5.41) is 6.55. The number of rotatable bonds is 2. The lowest BCUT2D eigenvalue weighted by atomic mass is 10.3. The molecule has 82 valence electrons. The van der Waals surface area contributed by atoms with Crippen LogP contribution in [-0.2, 0) is 0 Å². The molecule has 0 aromatic carbocycles. The standard InChI is InChI=1S/C10H11N5O/c1-12-10(16)9-4-8(2-3-13-9)15-6-7(11)5-14-15/h2-6H,11H2,1H3,(H,12,16). The number of carbonyl (C=O) groups excluding carboxylic acids is 1. The van der Waals surface area contributed by atoms with Crippen molar-refractivity contribution in [3.05, 3.63) is 36.4 Å². The van der Waals surface area contributed by atoms with Crippen molar-refractivity contribution in [2.24, 2.45) is 0 Å². The predicted octanol–water partition coefficient (Wildman–Crippen LogP) is 0.209. The van der Waals surface area contributed by atoms with Gasteiger partial charge >= 0.3 is 0 Å². The van der Waals surface area contributed by atoms with Crippen LogP contribution in [0, 0.1) is 0 Å². The maximum atomic E-state index is 11.4. The summed E-state index contributed by atoms with van der Waals surface area (Å²) in [7, 11) is 1.56. The van der Waals surface area contributed by atoms with Gasteiger partial charge in [-0.1, -0.05) is 0 Å². The van der Waals surface area contributed by atoms with Crippen molar-refractivity contribution in [2.45, 2.75) is 0 Å². The molecule has 0 bridgehead atoms. The fourth-order valence-electron chi connectivity index (χ4n) is 1.29. The smallest absolute Gasteiger partial charge is 0.269 e. The highest BCUT2D eigenvalue weighted by Gasteiger charge is 2.06. The molecule has 0 radical (unpaired) electrons. The molecule has 2 aromatic heterocycles. The molecule has 2 heterocycles. The molecule has 0 fully saturated rings. The van der Waals surface area contributed by atoms with E-state index < -0.39 is 0 Å². The van der Waals surface area contributed by atoms with Gasteiger partial charge in [0, 0.05) is 13.2 Å². The van der Waals surface area contributed by atoms with Gasteiger partial charge in [-0.2, -0.15) is 5.10 Å². The number of aromatic nitrogens is 3. The van der Waals surface area contributed by atoms with Crippen LogP contribution in [-0.4, -0.2) is 27.7 Å². The number of nitrogens with one attached hydrogen (secondary N) is 1. The maximum absolute atomic E-state index is 11.4. The molecule has 0 saturated heterocycles. The normalized spacial score (nSPS) is 10.1. The molecular formula is C10H11N5O. The van der Waals surface area contributed by atoms with E-state index in [1.807, 2.05) is 0 Å². The minimum Gasteiger partial charge on any atom is -0.396 e. The van der Waals surface area contributed by atoms with E-state index in [0.717, 1.165) is 5.69 Å². The van der Waals surface area contributed by atoms with Crippen LogP contribution >= 0.6 is 0 Å². The van der Waals surface area contributed by atoms with E-state index in [1.54, 1.807) is 42.5 Å². The zero-order valence-electron chi connectivity index (χ0n) is 8.71. The molecule has 0 unspecified atom stereocenters. The monoisotopic (exact) mass is 217 g/mol. The number of hydrogen-bond acceptors (Lipinski definition) is 4. The maximum Gasteiger partial charge on any atom is 0.269 e. The molecule has 0 saturated carbocycles. The van der Waals surface area contributed by atoms with Gasteiger partial charge in [0.15, 0.2) is 0 Å². The third-order valence-corrected chi connectivity index (χ3v) is 2.07. The van der Waals surface area contributed by atoms with Crippen molar-refractivity contribution in [3.8, 4) is 5.69 Å². The molecule has 0 aliphatic carbocycles. The van der Waals surface area contributed by atoms with Gasteiger partial charge < -0.3 is 11.1 Å². The SMILES string of the molecule is CNC(=O)c1cc(-n2cc(N)cn2)ccn1. The quantitative estimate of drug-likeness (QED) is 0.752. The van der Waals surface area contributed by atoms with Gasteiger partial charge in [-0.15, -0.1) is 0 Å². The first-order valence-corrected chi connectivity index (χ1v) is 4.69. The highest BCUT2D eigenvalue weighted by atomic mass is 16.1. The number of nitrogens with zero attached hydrogens (tertiary/aromatic N) is 3. The average molecular weight is 217 g/mol. The summed E-state index contributed by atoms with van der Waals surface area (Å²) < 4.78 is 1.59. The summed E-state index contributed by atoms with van der Waals surface area (Å²) in [5.74, 6) is -0.234. The Balaban J connectivity index is 2.39. The molecular weight excluding hydrogens is 206 g/mol. The molecule has 2 aromatic rings. The zero-order chi connectivity index (χ0) is 11.5. The molecule has 0 spiro atoms. The van der Waals surface area contributed by atoms with E-state index in [4.69, 9.17) is 5.73 Å². The number of amides is 1. The van der Waals surface area contributed by atoms with E-state index in [1.165, 1.54) is 0 Å². The number of pyridine rings is 1. The third kappa shape index (κ3) is 1.85.